The molecule has 0 saturated heterocycles. The van der Waals surface area contributed by atoms with Crippen LogP contribution in [0, 0.1) is 0 Å². The number of carbonyl (C=O) groups excluding carboxylic acids is 1. The monoisotopic (exact) mass is 430 g/mol. The molecule has 0 bridgehead atoms. The maximum Gasteiger partial charge on any atom is 0.338 e. The zero-order valence-electron chi connectivity index (χ0n) is 18.2. The molecule has 31 heavy (non-hydrogen) atoms. The van der Waals surface area contributed by atoms with Crippen LogP contribution >= 0.6 is 0 Å². The number of esters is 1. The summed E-state index contributed by atoms with van der Waals surface area (Å²) in [6.45, 7) is 0.169. The van der Waals surface area contributed by atoms with E-state index < -0.39 is 12.3 Å². The van der Waals surface area contributed by atoms with Crippen LogP contribution in [0.15, 0.2) is 24.3 Å². The van der Waals surface area contributed by atoms with Gasteiger partial charge < -0.3 is 33.2 Å². The predicted octanol–water partition coefficient (Wildman–Crippen LogP) is 3.55. The third-order valence-electron chi connectivity index (χ3n) is 4.95. The summed E-state index contributed by atoms with van der Waals surface area (Å²) in [4.78, 5) is 12.3. The molecule has 1 aliphatic heterocycles. The summed E-state index contributed by atoms with van der Waals surface area (Å²) in [6.07, 6.45) is 3.77. The van der Waals surface area contributed by atoms with Crippen molar-refractivity contribution in [3.05, 3.63) is 46.5 Å². The Labute approximate surface area is 181 Å². The van der Waals surface area contributed by atoms with Gasteiger partial charge in [0.2, 0.25) is 6.79 Å². The first-order valence-electron chi connectivity index (χ1n) is 9.55. The minimum atomic E-state index is -0.481. The van der Waals surface area contributed by atoms with E-state index >= 15 is 0 Å². The largest absolute Gasteiger partial charge is 0.493 e. The number of fused-ring (bicyclic) bond motifs is 1. The lowest BCUT2D eigenvalue weighted by Crippen LogP contribution is -2.16. The van der Waals surface area contributed by atoms with E-state index in [-0.39, 0.29) is 6.79 Å². The summed E-state index contributed by atoms with van der Waals surface area (Å²) in [5.41, 5.74) is 2.77. The molecule has 2 aromatic rings. The molecule has 0 radical (unpaired) electrons. The van der Waals surface area contributed by atoms with Crippen molar-refractivity contribution in [2.45, 2.75) is 12.7 Å². The lowest BCUT2D eigenvalue weighted by Gasteiger charge is -2.16. The fraction of sp³-hybridized carbons (Fsp3) is 0.348. The topological polar surface area (TPSA) is 81.7 Å². The van der Waals surface area contributed by atoms with Crippen molar-refractivity contribution in [1.29, 1.82) is 0 Å². The van der Waals surface area contributed by atoms with E-state index in [4.69, 9.17) is 33.2 Å². The van der Waals surface area contributed by atoms with E-state index in [2.05, 4.69) is 0 Å². The predicted molar refractivity (Wildman–Crippen MR) is 114 cm³/mol. The third-order valence-corrected chi connectivity index (χ3v) is 4.95. The number of methoxy groups -OCH3 is 5. The van der Waals surface area contributed by atoms with Crippen molar-refractivity contribution in [2.75, 3.05) is 42.3 Å². The summed E-state index contributed by atoms with van der Waals surface area (Å²) in [5, 5.41) is 0. The van der Waals surface area contributed by atoms with E-state index in [1.54, 1.807) is 26.4 Å². The summed E-state index contributed by atoms with van der Waals surface area (Å²) < 4.78 is 37.4. The highest BCUT2D eigenvalue weighted by Gasteiger charge is 2.20. The van der Waals surface area contributed by atoms with Crippen LogP contribution in [0.25, 0.3) is 12.2 Å². The second-order valence-electron chi connectivity index (χ2n) is 6.63. The minimum absolute atomic E-state index is 0.169. The van der Waals surface area contributed by atoms with Gasteiger partial charge in [-0.25, -0.2) is 4.79 Å². The molecule has 0 amide bonds. The lowest BCUT2D eigenvalue weighted by atomic mass is 10.00. The molecule has 0 aliphatic carbocycles. The fourth-order valence-electron chi connectivity index (χ4n) is 3.27. The Balaban J connectivity index is 2.05. The van der Waals surface area contributed by atoms with Gasteiger partial charge >= 0.3 is 5.97 Å². The molecule has 0 fully saturated rings. The van der Waals surface area contributed by atoms with Gasteiger partial charge in [0.1, 0.15) is 0 Å². The standard InChI is InChI=1S/C23H26O8/c1-25-18-9-15(17(23(24)29-5)12-19(18)26-2)7-6-14-8-20-21(31-13-30-20)10-16(14)11-22(27-3)28-4/h6-10,12,22H,11,13H2,1-5H3/b7-6+. The first kappa shape index (κ1) is 22.5. The average molecular weight is 430 g/mol. The number of hydrogen-bond acceptors (Lipinski definition) is 8. The highest BCUT2D eigenvalue weighted by atomic mass is 16.7. The molecule has 1 aliphatic rings. The molecule has 0 N–H and O–H groups in total. The Kier molecular flexibility index (Phi) is 7.38. The van der Waals surface area contributed by atoms with Gasteiger partial charge in [-0.15, -0.1) is 0 Å². The van der Waals surface area contributed by atoms with Crippen molar-refractivity contribution in [1.82, 2.24) is 0 Å². The molecular formula is C23H26O8. The Bertz CT molecular complexity index is 963. The average Bonchev–Trinajstić information content (AvgIpc) is 3.26. The Morgan fingerprint density at radius 1 is 0.903 bits per heavy atom. The lowest BCUT2D eigenvalue weighted by molar-refractivity contribution is -0.100. The van der Waals surface area contributed by atoms with Crippen molar-refractivity contribution in [3.63, 3.8) is 0 Å². The van der Waals surface area contributed by atoms with Crippen molar-refractivity contribution < 1.29 is 38.0 Å². The SMILES string of the molecule is COC(=O)c1cc(OC)c(OC)cc1/C=C/c1cc2c(cc1CC(OC)OC)OCO2. The van der Waals surface area contributed by atoms with Crippen molar-refractivity contribution in [2.24, 2.45) is 0 Å². The van der Waals surface area contributed by atoms with E-state index in [1.165, 1.54) is 21.3 Å². The van der Waals surface area contributed by atoms with Crippen LogP contribution in [-0.4, -0.2) is 54.6 Å². The van der Waals surface area contributed by atoms with E-state index in [1.807, 2.05) is 24.3 Å². The van der Waals surface area contributed by atoms with Gasteiger partial charge in [-0.05, 0) is 41.0 Å². The van der Waals surface area contributed by atoms with E-state index in [0.29, 0.717) is 40.5 Å². The molecule has 2 aromatic carbocycles. The molecule has 0 spiro atoms. The molecule has 0 aromatic heterocycles. The van der Waals surface area contributed by atoms with E-state index in [0.717, 1.165) is 11.1 Å². The summed E-state index contributed by atoms with van der Waals surface area (Å²) in [5.74, 6) is 1.77. The Hall–Kier alpha value is -3.23. The van der Waals surface area contributed by atoms with Gasteiger partial charge in [0.15, 0.2) is 29.3 Å². The molecular weight excluding hydrogens is 404 g/mol. The van der Waals surface area contributed by atoms with Crippen LogP contribution in [0.4, 0.5) is 0 Å². The van der Waals surface area contributed by atoms with Gasteiger partial charge in [0.05, 0.1) is 26.9 Å². The van der Waals surface area contributed by atoms with Crippen LogP contribution in [0.5, 0.6) is 23.0 Å². The van der Waals surface area contributed by atoms with Gasteiger partial charge in [-0.1, -0.05) is 12.2 Å². The molecule has 166 valence electrons. The number of ether oxygens (including phenoxy) is 7. The highest BCUT2D eigenvalue weighted by molar-refractivity contribution is 5.96. The van der Waals surface area contributed by atoms with Crippen LogP contribution in [0.1, 0.15) is 27.0 Å². The molecule has 8 nitrogen and oxygen atoms in total. The maximum atomic E-state index is 12.3. The third kappa shape index (κ3) is 4.92. The zero-order valence-corrected chi connectivity index (χ0v) is 18.2. The normalized spacial score (nSPS) is 12.5. The van der Waals surface area contributed by atoms with Gasteiger partial charge in [-0.2, -0.15) is 0 Å². The van der Waals surface area contributed by atoms with Gasteiger partial charge in [0, 0.05) is 20.6 Å². The smallest absolute Gasteiger partial charge is 0.338 e. The van der Waals surface area contributed by atoms with E-state index in [9.17, 15) is 4.79 Å². The summed E-state index contributed by atoms with van der Waals surface area (Å²) >= 11 is 0. The highest BCUT2D eigenvalue weighted by Crippen LogP contribution is 2.37. The van der Waals surface area contributed by atoms with Crippen LogP contribution < -0.4 is 18.9 Å². The summed E-state index contributed by atoms with van der Waals surface area (Å²) in [6, 6.07) is 7.11. The van der Waals surface area contributed by atoms with Crippen molar-refractivity contribution >= 4 is 18.1 Å². The molecule has 8 heteroatoms. The molecule has 0 saturated carbocycles. The molecule has 0 atom stereocenters. The van der Waals surface area contributed by atoms with Crippen LogP contribution in [0.3, 0.4) is 0 Å². The molecule has 0 unspecified atom stereocenters. The number of benzene rings is 2. The quantitative estimate of drug-likeness (QED) is 0.339. The Morgan fingerprint density at radius 2 is 1.52 bits per heavy atom. The zero-order chi connectivity index (χ0) is 22.4. The van der Waals surface area contributed by atoms with Crippen LogP contribution in [-0.2, 0) is 20.6 Å². The number of rotatable bonds is 9. The van der Waals surface area contributed by atoms with Gasteiger partial charge in [0.25, 0.3) is 0 Å². The number of hydrogen-bond donors (Lipinski definition) is 0. The second-order valence-corrected chi connectivity index (χ2v) is 6.63. The van der Waals surface area contributed by atoms with Crippen molar-refractivity contribution in [3.8, 4) is 23.0 Å². The molecule has 3 rings (SSSR count). The fourth-order valence-corrected chi connectivity index (χ4v) is 3.27. The minimum Gasteiger partial charge on any atom is -0.493 e. The first-order chi connectivity index (χ1) is 15.0. The number of carbonyl (C=O) groups is 1. The maximum absolute atomic E-state index is 12.3. The van der Waals surface area contributed by atoms with Crippen LogP contribution in [0.2, 0.25) is 0 Å². The summed E-state index contributed by atoms with van der Waals surface area (Å²) in [7, 11) is 7.55. The Morgan fingerprint density at radius 3 is 2.13 bits per heavy atom. The molecule has 1 heterocycles. The second kappa shape index (κ2) is 10.2. The first-order valence-corrected chi connectivity index (χ1v) is 9.55. The van der Waals surface area contributed by atoms with Gasteiger partial charge in [-0.3, -0.25) is 0 Å².